The van der Waals surface area contributed by atoms with Crippen LogP contribution in [0.5, 0.6) is 0 Å². The third-order valence-electron chi connectivity index (χ3n) is 2.66. The Balaban J connectivity index is 2.25. The predicted octanol–water partition coefficient (Wildman–Crippen LogP) is 2.04. The highest BCUT2D eigenvalue weighted by molar-refractivity contribution is 7.89. The maximum absolute atomic E-state index is 13.1. The minimum absolute atomic E-state index is 0.0518. The molecule has 0 aliphatic heterocycles. The minimum atomic E-state index is -3.69. The van der Waals surface area contributed by atoms with Gasteiger partial charge in [-0.05, 0) is 35.9 Å². The molecule has 19 heavy (non-hydrogen) atoms. The Bertz CT molecular complexity index is 659. The van der Waals surface area contributed by atoms with E-state index >= 15 is 0 Å². The lowest BCUT2D eigenvalue weighted by atomic mass is 10.3. The molecule has 0 spiro atoms. The summed E-state index contributed by atoms with van der Waals surface area (Å²) in [6, 6.07) is 8.44. The summed E-state index contributed by atoms with van der Waals surface area (Å²) in [7, 11) is -2.23. The third-order valence-corrected chi connectivity index (χ3v) is 4.46. The van der Waals surface area contributed by atoms with Crippen molar-refractivity contribution in [2.24, 2.45) is 0 Å². The van der Waals surface area contributed by atoms with Gasteiger partial charge in [-0.15, -0.1) is 0 Å². The van der Waals surface area contributed by atoms with Crippen molar-refractivity contribution in [2.75, 3.05) is 7.05 Å². The van der Waals surface area contributed by atoms with E-state index in [9.17, 15) is 12.8 Å². The Morgan fingerprint density at radius 1 is 1.21 bits per heavy atom. The largest absolute Gasteiger partial charge is 0.265 e. The van der Waals surface area contributed by atoms with Crippen molar-refractivity contribution in [2.45, 2.75) is 11.4 Å². The van der Waals surface area contributed by atoms with Crippen molar-refractivity contribution in [3.63, 3.8) is 0 Å². The molecule has 0 saturated heterocycles. The molecule has 2 rings (SSSR count). The van der Waals surface area contributed by atoms with Gasteiger partial charge in [0.25, 0.3) is 0 Å². The van der Waals surface area contributed by atoms with Gasteiger partial charge < -0.3 is 0 Å². The van der Waals surface area contributed by atoms with E-state index in [4.69, 9.17) is 0 Å². The van der Waals surface area contributed by atoms with E-state index in [1.807, 2.05) is 0 Å². The summed E-state index contributed by atoms with van der Waals surface area (Å²) in [6.45, 7) is 0.210. The van der Waals surface area contributed by atoms with Gasteiger partial charge in [-0.3, -0.25) is 4.98 Å². The Labute approximate surface area is 111 Å². The van der Waals surface area contributed by atoms with Crippen LogP contribution in [0.2, 0.25) is 0 Å². The summed E-state index contributed by atoms with van der Waals surface area (Å²) in [6.07, 6.45) is 3.19. The van der Waals surface area contributed by atoms with E-state index in [0.29, 0.717) is 0 Å². The number of nitrogens with zero attached hydrogens (tertiary/aromatic N) is 2. The second kappa shape index (κ2) is 5.46. The van der Waals surface area contributed by atoms with Crippen LogP contribution in [-0.4, -0.2) is 24.8 Å². The van der Waals surface area contributed by atoms with Crippen molar-refractivity contribution in [1.29, 1.82) is 0 Å². The summed E-state index contributed by atoms with van der Waals surface area (Å²) in [4.78, 5) is 3.82. The smallest absolute Gasteiger partial charge is 0.243 e. The fraction of sp³-hybridized carbons (Fsp3) is 0.154. The zero-order valence-electron chi connectivity index (χ0n) is 10.3. The highest BCUT2D eigenvalue weighted by Crippen LogP contribution is 2.17. The van der Waals surface area contributed by atoms with Gasteiger partial charge in [0, 0.05) is 26.0 Å². The Morgan fingerprint density at radius 2 is 1.89 bits per heavy atom. The molecule has 0 aliphatic rings. The second-order valence-electron chi connectivity index (χ2n) is 4.07. The Kier molecular flexibility index (Phi) is 3.92. The first-order valence-electron chi connectivity index (χ1n) is 5.61. The molecule has 100 valence electrons. The first-order chi connectivity index (χ1) is 9.00. The molecule has 0 unspecified atom stereocenters. The Hall–Kier alpha value is -1.79. The van der Waals surface area contributed by atoms with Gasteiger partial charge in [0.15, 0.2) is 0 Å². The summed E-state index contributed by atoms with van der Waals surface area (Å²) in [5.41, 5.74) is 0.817. The minimum Gasteiger partial charge on any atom is -0.265 e. The van der Waals surface area contributed by atoms with Crippen LogP contribution in [0.3, 0.4) is 0 Å². The maximum atomic E-state index is 13.1. The summed E-state index contributed by atoms with van der Waals surface area (Å²) in [5, 5.41) is 0. The SMILES string of the molecule is CN(Cc1ccncc1)S(=O)(=O)c1cccc(F)c1. The molecule has 0 radical (unpaired) electrons. The molecule has 0 atom stereocenters. The standard InChI is InChI=1S/C13H13FN2O2S/c1-16(10-11-5-7-15-8-6-11)19(17,18)13-4-2-3-12(14)9-13/h2-9H,10H2,1H3. The lowest BCUT2D eigenvalue weighted by Gasteiger charge is -2.17. The van der Waals surface area contributed by atoms with E-state index in [1.54, 1.807) is 24.5 Å². The van der Waals surface area contributed by atoms with E-state index in [-0.39, 0.29) is 11.4 Å². The van der Waals surface area contributed by atoms with Crippen molar-refractivity contribution < 1.29 is 12.8 Å². The van der Waals surface area contributed by atoms with Gasteiger partial charge >= 0.3 is 0 Å². The van der Waals surface area contributed by atoms with Crippen LogP contribution in [0.1, 0.15) is 5.56 Å². The number of rotatable bonds is 4. The molecule has 1 heterocycles. The molecular weight excluding hydrogens is 267 g/mol. The van der Waals surface area contributed by atoms with Crippen LogP contribution in [0, 0.1) is 5.82 Å². The van der Waals surface area contributed by atoms with Crippen LogP contribution in [0.15, 0.2) is 53.7 Å². The van der Waals surface area contributed by atoms with Crippen LogP contribution >= 0.6 is 0 Å². The first-order valence-corrected chi connectivity index (χ1v) is 7.05. The lowest BCUT2D eigenvalue weighted by Crippen LogP contribution is -2.26. The number of benzene rings is 1. The maximum Gasteiger partial charge on any atom is 0.243 e. The summed E-state index contributed by atoms with van der Waals surface area (Å²) < 4.78 is 38.7. The highest BCUT2D eigenvalue weighted by Gasteiger charge is 2.21. The average Bonchev–Trinajstić information content (AvgIpc) is 2.40. The Morgan fingerprint density at radius 3 is 2.53 bits per heavy atom. The number of sulfonamides is 1. The third kappa shape index (κ3) is 3.15. The average molecular weight is 280 g/mol. The zero-order valence-corrected chi connectivity index (χ0v) is 11.1. The first kappa shape index (κ1) is 13.6. The monoisotopic (exact) mass is 280 g/mol. The predicted molar refractivity (Wildman–Crippen MR) is 69.3 cm³/mol. The van der Waals surface area contributed by atoms with Crippen molar-refractivity contribution in [3.8, 4) is 0 Å². The number of hydrogen-bond donors (Lipinski definition) is 0. The van der Waals surface area contributed by atoms with Gasteiger partial charge in [0.05, 0.1) is 4.90 Å². The molecule has 6 heteroatoms. The molecule has 0 aliphatic carbocycles. The number of hydrogen-bond acceptors (Lipinski definition) is 3. The lowest BCUT2D eigenvalue weighted by molar-refractivity contribution is 0.466. The number of pyridine rings is 1. The fourth-order valence-electron chi connectivity index (χ4n) is 1.64. The molecular formula is C13H13FN2O2S. The van der Waals surface area contributed by atoms with Crippen molar-refractivity contribution in [3.05, 3.63) is 60.2 Å². The topological polar surface area (TPSA) is 50.3 Å². The number of aromatic nitrogens is 1. The molecule has 0 amide bonds. The second-order valence-corrected chi connectivity index (χ2v) is 6.12. The molecule has 1 aromatic heterocycles. The van der Waals surface area contributed by atoms with E-state index in [2.05, 4.69) is 4.98 Å². The van der Waals surface area contributed by atoms with E-state index < -0.39 is 15.8 Å². The fourth-order valence-corrected chi connectivity index (χ4v) is 2.83. The molecule has 2 aromatic rings. The van der Waals surface area contributed by atoms with Crippen LogP contribution in [0.4, 0.5) is 4.39 Å². The molecule has 0 bridgehead atoms. The van der Waals surface area contributed by atoms with Crippen LogP contribution in [0.25, 0.3) is 0 Å². The molecule has 0 N–H and O–H groups in total. The highest BCUT2D eigenvalue weighted by atomic mass is 32.2. The summed E-state index contributed by atoms with van der Waals surface area (Å²) in [5.74, 6) is -0.571. The van der Waals surface area contributed by atoms with E-state index in [1.165, 1.54) is 29.6 Å². The van der Waals surface area contributed by atoms with Gasteiger partial charge in [-0.2, -0.15) is 4.31 Å². The quantitative estimate of drug-likeness (QED) is 0.861. The van der Waals surface area contributed by atoms with E-state index in [0.717, 1.165) is 11.6 Å². The van der Waals surface area contributed by atoms with Gasteiger partial charge in [0.2, 0.25) is 10.0 Å². The van der Waals surface area contributed by atoms with Gasteiger partial charge in [-0.25, -0.2) is 12.8 Å². The van der Waals surface area contributed by atoms with Crippen LogP contribution in [-0.2, 0) is 16.6 Å². The summed E-state index contributed by atoms with van der Waals surface area (Å²) >= 11 is 0. The van der Waals surface area contributed by atoms with Crippen LogP contribution < -0.4 is 0 Å². The molecule has 4 nitrogen and oxygen atoms in total. The zero-order chi connectivity index (χ0) is 13.9. The van der Waals surface area contributed by atoms with Crippen molar-refractivity contribution in [1.82, 2.24) is 9.29 Å². The van der Waals surface area contributed by atoms with Gasteiger partial charge in [0.1, 0.15) is 5.82 Å². The molecule has 1 aromatic carbocycles. The number of halogens is 1. The van der Waals surface area contributed by atoms with Crippen molar-refractivity contribution >= 4 is 10.0 Å². The van der Waals surface area contributed by atoms with Gasteiger partial charge in [-0.1, -0.05) is 6.07 Å². The molecule has 0 saturated carbocycles. The normalized spacial score (nSPS) is 11.7. The molecule has 0 fully saturated rings.